The molecule has 0 atom stereocenters. The van der Waals surface area contributed by atoms with Crippen LogP contribution in [-0.4, -0.2) is 17.1 Å². The highest BCUT2D eigenvalue weighted by atomic mass is 35.5. The van der Waals surface area contributed by atoms with Crippen LogP contribution in [0.1, 0.15) is 25.8 Å². The molecule has 1 aromatic heterocycles. The van der Waals surface area contributed by atoms with E-state index in [4.69, 9.17) is 22.3 Å². The molecule has 3 nitrogen and oxygen atoms in total. The normalized spacial score (nSPS) is 11.0. The van der Waals surface area contributed by atoms with Crippen molar-refractivity contribution in [1.82, 2.24) is 10.3 Å². The Morgan fingerprint density at radius 1 is 1.04 bits per heavy atom. The number of pyridine rings is 1. The summed E-state index contributed by atoms with van der Waals surface area (Å²) in [6, 6.07) is 18.3. The number of benzene rings is 2. The number of nitrogens with one attached hydrogen (secondary N) is 1. The molecule has 6 heteroatoms. The third kappa shape index (κ3) is 6.63. The molecule has 0 bridgehead atoms. The van der Waals surface area contributed by atoms with Gasteiger partial charge in [0, 0.05) is 28.1 Å². The zero-order valence-electron chi connectivity index (χ0n) is 15.5. The first-order chi connectivity index (χ1) is 11.9. The lowest BCUT2D eigenvalue weighted by Crippen LogP contribution is -2.35. The third-order valence-electron chi connectivity index (χ3n) is 4.19. The van der Waals surface area contributed by atoms with Gasteiger partial charge in [-0.25, -0.2) is 4.98 Å². The van der Waals surface area contributed by atoms with Crippen molar-refractivity contribution in [2.45, 2.75) is 32.4 Å². The van der Waals surface area contributed by atoms with Crippen LogP contribution in [0.4, 0.5) is 0 Å². The molecule has 0 saturated carbocycles. The summed E-state index contributed by atoms with van der Waals surface area (Å²) < 4.78 is 0. The van der Waals surface area contributed by atoms with Crippen LogP contribution in [-0.2, 0) is 6.54 Å². The lowest BCUT2D eigenvalue weighted by Gasteiger charge is -2.18. The van der Waals surface area contributed by atoms with Crippen molar-refractivity contribution in [2.75, 3.05) is 6.54 Å². The fraction of sp³-hybridized carbons (Fsp3) is 0.286. The maximum atomic E-state index is 6.18. The van der Waals surface area contributed by atoms with Gasteiger partial charge in [0.15, 0.2) is 0 Å². The number of nitrogens with zero attached hydrogens (tertiary/aromatic N) is 1. The van der Waals surface area contributed by atoms with Crippen molar-refractivity contribution in [3.63, 3.8) is 0 Å². The number of rotatable bonds is 6. The van der Waals surface area contributed by atoms with Crippen LogP contribution in [0.25, 0.3) is 22.2 Å². The van der Waals surface area contributed by atoms with Crippen molar-refractivity contribution in [3.05, 3.63) is 65.2 Å². The lowest BCUT2D eigenvalue weighted by atomic mass is 10.0. The van der Waals surface area contributed by atoms with Gasteiger partial charge in [0.2, 0.25) is 0 Å². The maximum Gasteiger partial charge on any atom is 0.0727 e. The summed E-state index contributed by atoms with van der Waals surface area (Å²) in [5, 5.41) is 5.33. The summed E-state index contributed by atoms with van der Waals surface area (Å²) in [7, 11) is 0. The van der Waals surface area contributed by atoms with E-state index in [1.807, 2.05) is 50.2 Å². The molecule has 3 aromatic rings. The van der Waals surface area contributed by atoms with Crippen LogP contribution in [0.5, 0.6) is 0 Å². The Hall–Kier alpha value is -1.36. The van der Waals surface area contributed by atoms with Crippen LogP contribution in [0, 0.1) is 0 Å². The summed E-state index contributed by atoms with van der Waals surface area (Å²) in [5.74, 6) is 0. The monoisotopic (exact) mass is 425 g/mol. The van der Waals surface area contributed by atoms with Crippen molar-refractivity contribution in [1.29, 1.82) is 0 Å². The first-order valence-corrected chi connectivity index (χ1v) is 8.94. The van der Waals surface area contributed by atoms with Crippen LogP contribution >= 0.6 is 36.4 Å². The molecule has 0 radical (unpaired) electrons. The number of hydrogen-bond acceptors (Lipinski definition) is 3. The molecule has 3 N–H and O–H groups in total. The zero-order valence-corrected chi connectivity index (χ0v) is 17.9. The van der Waals surface area contributed by atoms with Crippen molar-refractivity contribution >= 4 is 47.3 Å². The van der Waals surface area contributed by atoms with E-state index in [2.05, 4.69) is 23.5 Å². The molecule has 0 fully saturated rings. The summed E-state index contributed by atoms with van der Waals surface area (Å²) in [4.78, 5) is 4.80. The van der Waals surface area contributed by atoms with Crippen LogP contribution in [0.15, 0.2) is 54.6 Å². The molecule has 3 rings (SSSR count). The van der Waals surface area contributed by atoms with Gasteiger partial charge in [-0.2, -0.15) is 0 Å². The Labute approximate surface area is 178 Å². The van der Waals surface area contributed by atoms with Gasteiger partial charge >= 0.3 is 0 Å². The van der Waals surface area contributed by atoms with E-state index in [1.54, 1.807) is 0 Å². The van der Waals surface area contributed by atoms with Crippen LogP contribution < -0.4 is 11.1 Å². The third-order valence-corrected chi connectivity index (χ3v) is 4.42. The molecule has 0 aliphatic carbocycles. The quantitative estimate of drug-likeness (QED) is 0.503. The summed E-state index contributed by atoms with van der Waals surface area (Å²) in [6.45, 7) is 5.75. The van der Waals surface area contributed by atoms with Gasteiger partial charge < -0.3 is 11.1 Å². The Bertz CT molecular complexity index is 862. The summed E-state index contributed by atoms with van der Waals surface area (Å²) >= 11 is 6.18. The molecular formula is C21H26Cl3N3. The predicted molar refractivity (Wildman–Crippen MR) is 121 cm³/mol. The first-order valence-electron chi connectivity index (χ1n) is 8.57. The minimum absolute atomic E-state index is 0. The Morgan fingerprint density at radius 2 is 1.74 bits per heavy atom. The minimum atomic E-state index is -0.157. The predicted octanol–water partition coefficient (Wildman–Crippen LogP) is 5.62. The van der Waals surface area contributed by atoms with E-state index in [0.29, 0.717) is 5.02 Å². The maximum absolute atomic E-state index is 6.18. The number of nitrogens with two attached hydrogens (primary N) is 1. The van der Waals surface area contributed by atoms with Gasteiger partial charge in [0.05, 0.1) is 11.2 Å². The fourth-order valence-electron chi connectivity index (χ4n) is 2.81. The van der Waals surface area contributed by atoms with Crippen LogP contribution in [0.2, 0.25) is 5.02 Å². The Morgan fingerprint density at radius 3 is 2.41 bits per heavy atom. The highest BCUT2D eigenvalue weighted by Gasteiger charge is 2.11. The summed E-state index contributed by atoms with van der Waals surface area (Å²) in [5.41, 5.74) is 10.1. The fourth-order valence-corrected chi connectivity index (χ4v) is 2.98. The minimum Gasteiger partial charge on any atom is -0.326 e. The van der Waals surface area contributed by atoms with Crippen molar-refractivity contribution in [3.8, 4) is 11.3 Å². The number of fused-ring (bicyclic) bond motifs is 1. The van der Waals surface area contributed by atoms with Gasteiger partial charge in [-0.3, -0.25) is 0 Å². The van der Waals surface area contributed by atoms with Gasteiger partial charge in [-0.1, -0.05) is 48.0 Å². The number of hydrogen-bond donors (Lipinski definition) is 2. The average molecular weight is 427 g/mol. The van der Waals surface area contributed by atoms with Gasteiger partial charge in [-0.05, 0) is 50.6 Å². The Kier molecular flexibility index (Phi) is 9.00. The molecule has 146 valence electrons. The largest absolute Gasteiger partial charge is 0.326 e. The van der Waals surface area contributed by atoms with E-state index in [9.17, 15) is 0 Å². The second-order valence-electron chi connectivity index (χ2n) is 7.11. The lowest BCUT2D eigenvalue weighted by molar-refractivity contribution is 0.455. The smallest absolute Gasteiger partial charge is 0.0727 e. The highest BCUT2D eigenvalue weighted by molar-refractivity contribution is 6.31. The number of aromatic nitrogens is 1. The second kappa shape index (κ2) is 10.3. The van der Waals surface area contributed by atoms with Gasteiger partial charge in [0.1, 0.15) is 0 Å². The second-order valence-corrected chi connectivity index (χ2v) is 7.55. The number of halogens is 3. The Balaban J connectivity index is 0.00000182. The molecule has 0 saturated heterocycles. The average Bonchev–Trinajstić information content (AvgIpc) is 2.58. The van der Waals surface area contributed by atoms with E-state index >= 15 is 0 Å². The van der Waals surface area contributed by atoms with E-state index in [0.717, 1.165) is 41.7 Å². The molecular weight excluding hydrogens is 401 g/mol. The molecule has 0 aliphatic rings. The first kappa shape index (κ1) is 23.7. The van der Waals surface area contributed by atoms with E-state index < -0.39 is 0 Å². The van der Waals surface area contributed by atoms with Crippen LogP contribution in [0.3, 0.4) is 0 Å². The molecule has 0 amide bonds. The summed E-state index contributed by atoms with van der Waals surface area (Å²) in [6.07, 6.45) is 0.924. The van der Waals surface area contributed by atoms with E-state index in [1.165, 1.54) is 5.56 Å². The van der Waals surface area contributed by atoms with Gasteiger partial charge in [-0.15, -0.1) is 24.8 Å². The zero-order chi connectivity index (χ0) is 17.9. The molecule has 2 aromatic carbocycles. The highest BCUT2D eigenvalue weighted by Crippen LogP contribution is 2.26. The molecule has 0 spiro atoms. The molecule has 0 aliphatic heterocycles. The topological polar surface area (TPSA) is 50.9 Å². The SMILES string of the molecule is CC(C)(N)CCNCc1cc(-c2ccccc2)nc2cc(Cl)ccc12.Cl.Cl. The molecule has 0 unspecified atom stereocenters. The van der Waals surface area contributed by atoms with Crippen molar-refractivity contribution < 1.29 is 0 Å². The van der Waals surface area contributed by atoms with E-state index in [-0.39, 0.29) is 30.4 Å². The molecule has 27 heavy (non-hydrogen) atoms. The van der Waals surface area contributed by atoms with Crippen molar-refractivity contribution in [2.24, 2.45) is 5.73 Å². The molecule has 1 heterocycles. The standard InChI is InChI=1S/C21H24ClN3.2ClH/c1-21(2,23)10-11-24-14-16-12-19(15-6-4-3-5-7-15)25-20-13-17(22)8-9-18(16)20;;/h3-9,12-13,24H,10-11,14,23H2,1-2H3;2*1H. The van der Waals surface area contributed by atoms with Gasteiger partial charge in [0.25, 0.3) is 0 Å².